The van der Waals surface area contributed by atoms with E-state index >= 15 is 0 Å². The van der Waals surface area contributed by atoms with Crippen molar-refractivity contribution >= 4 is 80.0 Å². The van der Waals surface area contributed by atoms with Crippen LogP contribution in [0.5, 0.6) is 0 Å². The molecule has 0 radical (unpaired) electrons. The normalized spacial score (nSPS) is 11.9. The number of hydrogen-bond acceptors (Lipinski definition) is 1. The topological polar surface area (TPSA) is 4.93 Å². The molecule has 8 aromatic rings. The van der Waals surface area contributed by atoms with Crippen LogP contribution in [0.3, 0.4) is 0 Å². The number of thiophene rings is 1. The van der Waals surface area contributed by atoms with E-state index in [0.717, 1.165) is 4.47 Å². The highest BCUT2D eigenvalue weighted by molar-refractivity contribution is 9.10. The first-order valence-corrected chi connectivity index (χ1v) is 14.0. The Balaban J connectivity index is 1.42. The maximum Gasteiger partial charge on any atom is 0.0547 e. The van der Waals surface area contributed by atoms with Gasteiger partial charge >= 0.3 is 0 Å². The van der Waals surface area contributed by atoms with Gasteiger partial charge in [0.15, 0.2) is 0 Å². The number of para-hydroxylation sites is 1. The van der Waals surface area contributed by atoms with E-state index in [9.17, 15) is 0 Å². The quantitative estimate of drug-likeness (QED) is 0.200. The van der Waals surface area contributed by atoms with Crippen molar-refractivity contribution in [1.29, 1.82) is 0 Å². The predicted molar refractivity (Wildman–Crippen MR) is 164 cm³/mol. The molecule has 0 N–H and O–H groups in total. The summed E-state index contributed by atoms with van der Waals surface area (Å²) >= 11 is 5.48. The monoisotopic (exact) mass is 553 g/mol. The molecule has 1 nitrogen and oxygen atoms in total. The summed E-state index contributed by atoms with van der Waals surface area (Å²) in [6.45, 7) is 0. The summed E-state index contributed by atoms with van der Waals surface area (Å²) in [5, 5.41) is 7.81. The minimum Gasteiger partial charge on any atom is -0.309 e. The van der Waals surface area contributed by atoms with Crippen LogP contribution in [0, 0.1) is 0 Å². The highest BCUT2D eigenvalue weighted by Gasteiger charge is 2.16. The van der Waals surface area contributed by atoms with Crippen molar-refractivity contribution in [1.82, 2.24) is 4.57 Å². The van der Waals surface area contributed by atoms with Gasteiger partial charge in [-0.25, -0.2) is 0 Å². The summed E-state index contributed by atoms with van der Waals surface area (Å²) in [6.07, 6.45) is 0. The van der Waals surface area contributed by atoms with Gasteiger partial charge in [0.05, 0.1) is 11.0 Å². The van der Waals surface area contributed by atoms with Gasteiger partial charge in [-0.05, 0) is 70.4 Å². The van der Waals surface area contributed by atoms with Crippen molar-refractivity contribution in [2.24, 2.45) is 0 Å². The van der Waals surface area contributed by atoms with E-state index in [1.807, 2.05) is 11.3 Å². The molecule has 6 aromatic carbocycles. The van der Waals surface area contributed by atoms with Gasteiger partial charge < -0.3 is 4.57 Å². The molecule has 2 heterocycles. The zero-order chi connectivity index (χ0) is 24.5. The maximum atomic E-state index is 3.62. The Morgan fingerprint density at radius 3 is 2.11 bits per heavy atom. The number of benzene rings is 6. The zero-order valence-corrected chi connectivity index (χ0v) is 22.2. The van der Waals surface area contributed by atoms with Gasteiger partial charge in [-0.3, -0.25) is 0 Å². The molecule has 0 amide bonds. The lowest BCUT2D eigenvalue weighted by Crippen LogP contribution is -1.93. The number of aromatic nitrogens is 1. The molecule has 0 saturated heterocycles. The Bertz CT molecular complexity index is 2150. The Labute approximate surface area is 226 Å². The van der Waals surface area contributed by atoms with E-state index in [1.54, 1.807) is 0 Å². The average molecular weight is 555 g/mol. The molecule has 37 heavy (non-hydrogen) atoms. The maximum absolute atomic E-state index is 3.62. The van der Waals surface area contributed by atoms with Crippen LogP contribution < -0.4 is 0 Å². The van der Waals surface area contributed by atoms with Gasteiger partial charge in [0.2, 0.25) is 0 Å². The van der Waals surface area contributed by atoms with E-state index in [0.29, 0.717) is 0 Å². The third-order valence-corrected chi connectivity index (χ3v) is 9.05. The van der Waals surface area contributed by atoms with Crippen LogP contribution in [0.25, 0.3) is 69.6 Å². The summed E-state index contributed by atoms with van der Waals surface area (Å²) in [6, 6.07) is 44.3. The molecule has 0 aliphatic rings. The highest BCUT2D eigenvalue weighted by Crippen LogP contribution is 2.41. The van der Waals surface area contributed by atoms with E-state index in [4.69, 9.17) is 0 Å². The van der Waals surface area contributed by atoms with E-state index in [2.05, 4.69) is 142 Å². The first kappa shape index (κ1) is 21.2. The lowest BCUT2D eigenvalue weighted by atomic mass is 9.99. The Morgan fingerprint density at radius 2 is 1.22 bits per heavy atom. The summed E-state index contributed by atoms with van der Waals surface area (Å²) in [5.41, 5.74) is 6.15. The van der Waals surface area contributed by atoms with Crippen molar-refractivity contribution in [3.63, 3.8) is 0 Å². The molecule has 0 saturated carbocycles. The van der Waals surface area contributed by atoms with Crippen LogP contribution >= 0.6 is 27.3 Å². The van der Waals surface area contributed by atoms with Gasteiger partial charge in [0.25, 0.3) is 0 Å². The number of fused-ring (bicyclic) bond motifs is 8. The molecule has 174 valence electrons. The summed E-state index contributed by atoms with van der Waals surface area (Å²) in [5.74, 6) is 0. The Hall–Kier alpha value is -3.92. The largest absolute Gasteiger partial charge is 0.309 e. The number of hydrogen-bond donors (Lipinski definition) is 0. The standard InChI is InChI=1S/C34H20BrNS/c35-24-13-15-28-27-14-10-23(19-32(27)37-33(28)20-24)22-12-16-30-29(18-22)34-26-9-5-4-6-21(26)11-17-31(34)36(30)25-7-2-1-3-8-25/h1-20H. The molecule has 0 aliphatic carbocycles. The minimum atomic E-state index is 1.12. The fourth-order valence-corrected chi connectivity index (χ4v) is 7.45. The van der Waals surface area contributed by atoms with Gasteiger partial charge in [0, 0.05) is 41.1 Å². The van der Waals surface area contributed by atoms with E-state index < -0.39 is 0 Å². The van der Waals surface area contributed by atoms with Crippen LogP contribution in [0.15, 0.2) is 126 Å². The average Bonchev–Trinajstić information content (AvgIpc) is 3.47. The van der Waals surface area contributed by atoms with Crippen molar-refractivity contribution in [2.75, 3.05) is 0 Å². The Kier molecular flexibility index (Phi) is 4.61. The van der Waals surface area contributed by atoms with Gasteiger partial charge in [-0.1, -0.05) is 88.7 Å². The molecule has 8 rings (SSSR count). The summed E-state index contributed by atoms with van der Waals surface area (Å²) in [7, 11) is 0. The summed E-state index contributed by atoms with van der Waals surface area (Å²) < 4.78 is 6.16. The number of halogens is 1. The second kappa shape index (κ2) is 8.04. The molecule has 0 bridgehead atoms. The number of nitrogens with zero attached hydrogens (tertiary/aromatic N) is 1. The first-order valence-electron chi connectivity index (χ1n) is 12.4. The SMILES string of the molecule is Brc1ccc2c(c1)sc1cc(-c3ccc4c(c3)c3c5ccccc5ccc3n4-c3ccccc3)ccc12. The molecule has 0 spiro atoms. The predicted octanol–water partition coefficient (Wildman–Crippen LogP) is 10.7. The summed E-state index contributed by atoms with van der Waals surface area (Å²) in [4.78, 5) is 0. The minimum absolute atomic E-state index is 1.12. The molecule has 3 heteroatoms. The van der Waals surface area contributed by atoms with Gasteiger partial charge in [-0.15, -0.1) is 11.3 Å². The first-order chi connectivity index (χ1) is 18.2. The van der Waals surface area contributed by atoms with Crippen molar-refractivity contribution in [3.05, 3.63) is 126 Å². The Morgan fingerprint density at radius 1 is 0.514 bits per heavy atom. The lowest BCUT2D eigenvalue weighted by molar-refractivity contribution is 1.18. The molecule has 0 atom stereocenters. The lowest BCUT2D eigenvalue weighted by Gasteiger charge is -2.08. The van der Waals surface area contributed by atoms with Crippen LogP contribution in [0.2, 0.25) is 0 Å². The third-order valence-electron chi connectivity index (χ3n) is 7.44. The van der Waals surface area contributed by atoms with Crippen molar-refractivity contribution in [2.45, 2.75) is 0 Å². The van der Waals surface area contributed by atoms with Crippen LogP contribution in [0.4, 0.5) is 0 Å². The second-order valence-corrected chi connectivity index (χ2v) is 11.5. The van der Waals surface area contributed by atoms with Gasteiger partial charge in [-0.2, -0.15) is 0 Å². The van der Waals surface area contributed by atoms with Crippen LogP contribution in [-0.2, 0) is 0 Å². The second-order valence-electron chi connectivity index (χ2n) is 9.54. The zero-order valence-electron chi connectivity index (χ0n) is 19.8. The molecule has 0 unspecified atom stereocenters. The van der Waals surface area contributed by atoms with Crippen molar-refractivity contribution in [3.8, 4) is 16.8 Å². The number of rotatable bonds is 2. The molecule has 0 fully saturated rings. The molecular weight excluding hydrogens is 534 g/mol. The fraction of sp³-hybridized carbons (Fsp3) is 0. The molecular formula is C34H20BrNS. The highest BCUT2D eigenvalue weighted by atomic mass is 79.9. The van der Waals surface area contributed by atoms with Gasteiger partial charge in [0.1, 0.15) is 0 Å². The smallest absolute Gasteiger partial charge is 0.0547 e. The van der Waals surface area contributed by atoms with Crippen LogP contribution in [-0.4, -0.2) is 4.57 Å². The third kappa shape index (κ3) is 3.21. The molecule has 0 aliphatic heterocycles. The van der Waals surface area contributed by atoms with E-state index in [1.165, 1.54) is 69.6 Å². The van der Waals surface area contributed by atoms with Crippen LogP contribution in [0.1, 0.15) is 0 Å². The van der Waals surface area contributed by atoms with Crippen molar-refractivity contribution < 1.29 is 0 Å². The fourth-order valence-electron chi connectivity index (χ4n) is 5.76. The van der Waals surface area contributed by atoms with E-state index in [-0.39, 0.29) is 0 Å². The molecule has 2 aromatic heterocycles.